The van der Waals surface area contributed by atoms with Gasteiger partial charge in [-0.1, -0.05) is 35.9 Å². The first kappa shape index (κ1) is 19.1. The summed E-state index contributed by atoms with van der Waals surface area (Å²) in [5, 5.41) is 0. The molecule has 0 atom stereocenters. The van der Waals surface area contributed by atoms with Crippen molar-refractivity contribution >= 4 is 21.6 Å². The van der Waals surface area contributed by atoms with Crippen LogP contribution in [0, 0.1) is 20.8 Å². The summed E-state index contributed by atoms with van der Waals surface area (Å²) in [7, 11) is -3.63. The average molecular weight is 360 g/mol. The Labute approximate surface area is 149 Å². The van der Waals surface area contributed by atoms with E-state index in [0.29, 0.717) is 4.90 Å². The van der Waals surface area contributed by atoms with Crippen molar-refractivity contribution < 1.29 is 13.2 Å². The van der Waals surface area contributed by atoms with Gasteiger partial charge < -0.3 is 4.90 Å². The van der Waals surface area contributed by atoms with Crippen molar-refractivity contribution in [3.63, 3.8) is 0 Å². The molecule has 0 unspecified atom stereocenters. The Bertz CT molecular complexity index is 838. The fourth-order valence-corrected chi connectivity index (χ4v) is 4.50. The minimum Gasteiger partial charge on any atom is -0.311 e. The minimum absolute atomic E-state index is 0.131. The lowest BCUT2D eigenvalue weighted by Gasteiger charge is -2.21. The molecule has 0 saturated carbocycles. The molecule has 1 amide bonds. The predicted molar refractivity (Wildman–Crippen MR) is 100 cm³/mol. The van der Waals surface area contributed by atoms with Crippen LogP contribution in [-0.2, 0) is 14.8 Å². The lowest BCUT2D eigenvalue weighted by molar-refractivity contribution is -0.116. The molecule has 0 radical (unpaired) electrons. The molecule has 25 heavy (non-hydrogen) atoms. The number of amides is 1. The van der Waals surface area contributed by atoms with Crippen LogP contribution in [-0.4, -0.2) is 27.4 Å². The zero-order valence-electron chi connectivity index (χ0n) is 15.0. The number of rotatable bonds is 6. The van der Waals surface area contributed by atoms with Crippen molar-refractivity contribution in [1.29, 1.82) is 0 Å². The Morgan fingerprint density at radius 2 is 1.60 bits per heavy atom. The van der Waals surface area contributed by atoms with E-state index in [-0.39, 0.29) is 19.0 Å². The summed E-state index contributed by atoms with van der Waals surface area (Å²) in [4.78, 5) is 13.7. The topological polar surface area (TPSA) is 66.5 Å². The Balaban J connectivity index is 2.13. The second kappa shape index (κ2) is 7.80. The van der Waals surface area contributed by atoms with Crippen molar-refractivity contribution in [2.24, 2.45) is 0 Å². The highest BCUT2D eigenvalue weighted by atomic mass is 32.2. The van der Waals surface area contributed by atoms with Gasteiger partial charge in [0.05, 0.1) is 4.90 Å². The molecule has 0 spiro atoms. The van der Waals surface area contributed by atoms with Crippen molar-refractivity contribution in [2.75, 3.05) is 18.0 Å². The normalized spacial score (nSPS) is 11.4. The quantitative estimate of drug-likeness (QED) is 0.861. The standard InChI is InChI=1S/C19H24N2O3S/c1-14-12-15(2)19(16(3)13-14)25(23,24)20-10-11-21(17(4)22)18-8-6-5-7-9-18/h5-9,12-13,20H,10-11H2,1-4H3. The van der Waals surface area contributed by atoms with Crippen LogP contribution in [0.5, 0.6) is 0 Å². The van der Waals surface area contributed by atoms with Gasteiger partial charge in [-0.15, -0.1) is 0 Å². The van der Waals surface area contributed by atoms with E-state index in [2.05, 4.69) is 4.72 Å². The minimum atomic E-state index is -3.63. The molecule has 0 aliphatic carbocycles. The molecule has 2 rings (SSSR count). The second-order valence-corrected chi connectivity index (χ2v) is 7.84. The van der Waals surface area contributed by atoms with Crippen LogP contribution < -0.4 is 9.62 Å². The number of hydrogen-bond acceptors (Lipinski definition) is 3. The Morgan fingerprint density at radius 3 is 2.12 bits per heavy atom. The smallest absolute Gasteiger partial charge is 0.241 e. The number of para-hydroxylation sites is 1. The number of benzene rings is 2. The van der Waals surface area contributed by atoms with Crippen LogP contribution in [0.2, 0.25) is 0 Å². The van der Waals surface area contributed by atoms with Crippen LogP contribution in [0.25, 0.3) is 0 Å². The molecule has 6 heteroatoms. The third-order valence-corrected chi connectivity index (χ3v) is 5.71. The molecule has 0 fully saturated rings. The molecule has 0 aliphatic heterocycles. The molecule has 1 N–H and O–H groups in total. The monoisotopic (exact) mass is 360 g/mol. The number of carbonyl (C=O) groups is 1. The van der Waals surface area contributed by atoms with E-state index in [1.54, 1.807) is 18.7 Å². The van der Waals surface area contributed by atoms with E-state index in [4.69, 9.17) is 0 Å². The van der Waals surface area contributed by atoms with E-state index in [0.717, 1.165) is 22.4 Å². The van der Waals surface area contributed by atoms with Crippen LogP contribution in [0.15, 0.2) is 47.4 Å². The lowest BCUT2D eigenvalue weighted by atomic mass is 10.1. The van der Waals surface area contributed by atoms with Gasteiger partial charge in [-0.05, 0) is 44.0 Å². The molecular weight excluding hydrogens is 336 g/mol. The zero-order chi connectivity index (χ0) is 18.6. The Kier molecular flexibility index (Phi) is 5.98. The molecule has 0 aliphatic rings. The molecule has 2 aromatic carbocycles. The third-order valence-electron chi connectivity index (χ3n) is 3.95. The summed E-state index contributed by atoms with van der Waals surface area (Å²) in [6.45, 7) is 7.40. The van der Waals surface area contributed by atoms with Crippen molar-refractivity contribution in [1.82, 2.24) is 4.72 Å². The molecule has 134 valence electrons. The summed E-state index contributed by atoms with van der Waals surface area (Å²) >= 11 is 0. The first-order valence-electron chi connectivity index (χ1n) is 8.13. The van der Waals surface area contributed by atoms with E-state index in [1.165, 1.54) is 6.92 Å². The molecule has 0 heterocycles. The predicted octanol–water partition coefficient (Wildman–Crippen LogP) is 2.94. The number of sulfonamides is 1. The van der Waals surface area contributed by atoms with Crippen LogP contribution >= 0.6 is 0 Å². The maximum absolute atomic E-state index is 12.7. The summed E-state index contributed by atoms with van der Waals surface area (Å²) in [6, 6.07) is 12.9. The van der Waals surface area contributed by atoms with E-state index >= 15 is 0 Å². The van der Waals surface area contributed by atoms with Gasteiger partial charge >= 0.3 is 0 Å². The van der Waals surface area contributed by atoms with E-state index in [1.807, 2.05) is 49.4 Å². The highest BCUT2D eigenvalue weighted by molar-refractivity contribution is 7.89. The maximum Gasteiger partial charge on any atom is 0.241 e. The van der Waals surface area contributed by atoms with Gasteiger partial charge in [0.2, 0.25) is 15.9 Å². The summed E-state index contributed by atoms with van der Waals surface area (Å²) < 4.78 is 27.9. The van der Waals surface area contributed by atoms with Gasteiger partial charge in [0.25, 0.3) is 0 Å². The van der Waals surface area contributed by atoms with Gasteiger partial charge in [-0.3, -0.25) is 4.79 Å². The molecule has 0 saturated heterocycles. The van der Waals surface area contributed by atoms with Crippen LogP contribution in [0.3, 0.4) is 0 Å². The molecule has 2 aromatic rings. The lowest BCUT2D eigenvalue weighted by Crippen LogP contribution is -2.37. The van der Waals surface area contributed by atoms with Crippen molar-refractivity contribution in [2.45, 2.75) is 32.6 Å². The van der Waals surface area contributed by atoms with Gasteiger partial charge in [-0.2, -0.15) is 0 Å². The van der Waals surface area contributed by atoms with E-state index in [9.17, 15) is 13.2 Å². The van der Waals surface area contributed by atoms with Crippen molar-refractivity contribution in [3.05, 3.63) is 59.2 Å². The van der Waals surface area contributed by atoms with Crippen LogP contribution in [0.1, 0.15) is 23.6 Å². The maximum atomic E-state index is 12.7. The molecule has 0 aromatic heterocycles. The van der Waals surface area contributed by atoms with Crippen LogP contribution in [0.4, 0.5) is 5.69 Å². The number of aryl methyl sites for hydroxylation is 3. The third kappa shape index (κ3) is 4.67. The second-order valence-electron chi connectivity index (χ2n) is 6.13. The molecule has 5 nitrogen and oxygen atoms in total. The van der Waals surface area contributed by atoms with Gasteiger partial charge in [0.15, 0.2) is 0 Å². The average Bonchev–Trinajstić information content (AvgIpc) is 2.50. The zero-order valence-corrected chi connectivity index (χ0v) is 15.9. The largest absolute Gasteiger partial charge is 0.311 e. The fraction of sp³-hybridized carbons (Fsp3) is 0.316. The van der Waals surface area contributed by atoms with Crippen molar-refractivity contribution in [3.8, 4) is 0 Å². The summed E-state index contributed by atoms with van der Waals surface area (Å²) in [5.41, 5.74) is 3.21. The SMILES string of the molecule is CC(=O)N(CCNS(=O)(=O)c1c(C)cc(C)cc1C)c1ccccc1. The van der Waals surface area contributed by atoms with Gasteiger partial charge in [0, 0.05) is 25.7 Å². The first-order valence-corrected chi connectivity index (χ1v) is 9.61. The number of carbonyl (C=O) groups excluding carboxylic acids is 1. The Hall–Kier alpha value is -2.18. The summed E-state index contributed by atoms with van der Waals surface area (Å²) in [6.07, 6.45) is 0. The number of nitrogens with one attached hydrogen (secondary N) is 1. The number of anilines is 1. The summed E-state index contributed by atoms with van der Waals surface area (Å²) in [5.74, 6) is -0.131. The molecule has 0 bridgehead atoms. The van der Waals surface area contributed by atoms with E-state index < -0.39 is 10.0 Å². The fourth-order valence-electron chi connectivity index (χ4n) is 3.03. The first-order chi connectivity index (χ1) is 11.7. The van der Waals surface area contributed by atoms with Gasteiger partial charge in [-0.25, -0.2) is 13.1 Å². The molecular formula is C19H24N2O3S. The Morgan fingerprint density at radius 1 is 1.04 bits per heavy atom. The number of nitrogens with zero attached hydrogens (tertiary/aromatic N) is 1. The number of hydrogen-bond donors (Lipinski definition) is 1. The van der Waals surface area contributed by atoms with Gasteiger partial charge in [0.1, 0.15) is 0 Å². The highest BCUT2D eigenvalue weighted by Gasteiger charge is 2.20. The highest BCUT2D eigenvalue weighted by Crippen LogP contribution is 2.21.